The quantitative estimate of drug-likeness (QED) is 0.761. The number of carbonyl (C=O) groups is 1. The molecular formula is C16H30N2OS. The molecule has 1 heterocycles. The van der Waals surface area contributed by atoms with E-state index in [0.29, 0.717) is 4.99 Å². The van der Waals surface area contributed by atoms with Crippen LogP contribution in [0.3, 0.4) is 0 Å². The summed E-state index contributed by atoms with van der Waals surface area (Å²) in [5.41, 5.74) is 5.41. The third kappa shape index (κ3) is 4.18. The standard InChI is InChI=1S/C16H30N2OS/c1-3-10-16(11-4-2,14(17)20)15(19)18-12-8-6-5-7-9-13-18/h3-13H2,1-2H3,(H2,17,20). The lowest BCUT2D eigenvalue weighted by Gasteiger charge is -2.37. The van der Waals surface area contributed by atoms with Crippen LogP contribution in [0.4, 0.5) is 0 Å². The van der Waals surface area contributed by atoms with Gasteiger partial charge in [-0.15, -0.1) is 0 Å². The molecule has 0 bridgehead atoms. The van der Waals surface area contributed by atoms with Gasteiger partial charge in [0.05, 0.1) is 10.4 Å². The lowest BCUT2D eigenvalue weighted by atomic mass is 9.77. The average molecular weight is 298 g/mol. The average Bonchev–Trinajstić information content (AvgIpc) is 2.37. The third-order valence-electron chi connectivity index (χ3n) is 4.38. The van der Waals surface area contributed by atoms with Crippen LogP contribution in [0, 0.1) is 5.41 Å². The minimum Gasteiger partial charge on any atom is -0.392 e. The van der Waals surface area contributed by atoms with Crippen molar-refractivity contribution in [3.8, 4) is 0 Å². The fraction of sp³-hybridized carbons (Fsp3) is 0.875. The number of nitrogens with two attached hydrogens (primary N) is 1. The number of hydrogen-bond donors (Lipinski definition) is 1. The highest BCUT2D eigenvalue weighted by atomic mass is 32.1. The minimum absolute atomic E-state index is 0.190. The van der Waals surface area contributed by atoms with Crippen molar-refractivity contribution in [2.45, 2.75) is 71.6 Å². The number of hydrogen-bond acceptors (Lipinski definition) is 2. The fourth-order valence-corrected chi connectivity index (χ4v) is 3.59. The maximum Gasteiger partial charge on any atom is 0.235 e. The minimum atomic E-state index is -0.599. The Bertz CT molecular complexity index is 316. The molecule has 0 aliphatic carbocycles. The van der Waals surface area contributed by atoms with E-state index >= 15 is 0 Å². The van der Waals surface area contributed by atoms with Gasteiger partial charge in [0.25, 0.3) is 0 Å². The van der Waals surface area contributed by atoms with Crippen molar-refractivity contribution in [3.05, 3.63) is 0 Å². The van der Waals surface area contributed by atoms with Crippen molar-refractivity contribution in [1.82, 2.24) is 4.90 Å². The van der Waals surface area contributed by atoms with Gasteiger partial charge >= 0.3 is 0 Å². The van der Waals surface area contributed by atoms with Gasteiger partial charge in [0.15, 0.2) is 0 Å². The topological polar surface area (TPSA) is 46.3 Å². The molecule has 1 amide bonds. The summed E-state index contributed by atoms with van der Waals surface area (Å²) < 4.78 is 0. The van der Waals surface area contributed by atoms with Crippen LogP contribution in [-0.2, 0) is 4.79 Å². The van der Waals surface area contributed by atoms with Crippen LogP contribution in [0.25, 0.3) is 0 Å². The van der Waals surface area contributed by atoms with Gasteiger partial charge in [-0.3, -0.25) is 4.79 Å². The van der Waals surface area contributed by atoms with Crippen LogP contribution in [-0.4, -0.2) is 28.9 Å². The molecule has 116 valence electrons. The maximum atomic E-state index is 13.1. The molecule has 2 N–H and O–H groups in total. The van der Waals surface area contributed by atoms with Crippen LogP contribution in [0.1, 0.15) is 71.6 Å². The van der Waals surface area contributed by atoms with Gasteiger partial charge in [0.1, 0.15) is 0 Å². The van der Waals surface area contributed by atoms with Gasteiger partial charge in [-0.2, -0.15) is 0 Å². The number of amides is 1. The molecule has 0 spiro atoms. The van der Waals surface area contributed by atoms with E-state index in [1.165, 1.54) is 19.3 Å². The second-order valence-electron chi connectivity index (χ2n) is 6.01. The van der Waals surface area contributed by atoms with Crippen molar-refractivity contribution >= 4 is 23.1 Å². The summed E-state index contributed by atoms with van der Waals surface area (Å²) in [5, 5.41) is 0. The van der Waals surface area contributed by atoms with E-state index < -0.39 is 5.41 Å². The van der Waals surface area contributed by atoms with Crippen LogP contribution < -0.4 is 5.73 Å². The Balaban J connectivity index is 2.91. The first-order chi connectivity index (χ1) is 9.58. The zero-order valence-corrected chi connectivity index (χ0v) is 13.9. The van der Waals surface area contributed by atoms with Gasteiger partial charge in [0.2, 0.25) is 5.91 Å². The van der Waals surface area contributed by atoms with Gasteiger partial charge in [-0.05, 0) is 25.7 Å². The first kappa shape index (κ1) is 17.4. The summed E-state index contributed by atoms with van der Waals surface area (Å²) in [4.78, 5) is 15.5. The Hall–Kier alpha value is -0.640. The third-order valence-corrected chi connectivity index (χ3v) is 4.77. The van der Waals surface area contributed by atoms with E-state index in [-0.39, 0.29) is 5.91 Å². The molecule has 0 aromatic carbocycles. The van der Waals surface area contributed by atoms with E-state index in [1.807, 2.05) is 4.90 Å². The zero-order valence-electron chi connectivity index (χ0n) is 13.1. The molecule has 1 rings (SSSR count). The molecule has 1 aliphatic heterocycles. The van der Waals surface area contributed by atoms with Crippen molar-refractivity contribution in [2.75, 3.05) is 13.1 Å². The Morgan fingerprint density at radius 3 is 1.90 bits per heavy atom. The highest BCUT2D eigenvalue weighted by Gasteiger charge is 2.42. The molecule has 0 aromatic rings. The lowest BCUT2D eigenvalue weighted by Crippen LogP contribution is -2.51. The van der Waals surface area contributed by atoms with Crippen LogP contribution in [0.15, 0.2) is 0 Å². The van der Waals surface area contributed by atoms with Crippen LogP contribution in [0.5, 0.6) is 0 Å². The summed E-state index contributed by atoms with van der Waals surface area (Å²) in [7, 11) is 0. The van der Waals surface area contributed by atoms with Crippen molar-refractivity contribution in [3.63, 3.8) is 0 Å². The second-order valence-corrected chi connectivity index (χ2v) is 6.45. The normalized spacial score (nSPS) is 17.4. The summed E-state index contributed by atoms with van der Waals surface area (Å²) in [5.74, 6) is 0.190. The number of likely N-dealkylation sites (tertiary alicyclic amines) is 1. The number of nitrogens with zero attached hydrogens (tertiary/aromatic N) is 1. The first-order valence-corrected chi connectivity index (χ1v) is 8.58. The van der Waals surface area contributed by atoms with Gasteiger partial charge < -0.3 is 10.6 Å². The predicted molar refractivity (Wildman–Crippen MR) is 88.7 cm³/mol. The van der Waals surface area contributed by atoms with E-state index in [9.17, 15) is 4.79 Å². The molecular weight excluding hydrogens is 268 g/mol. The smallest absolute Gasteiger partial charge is 0.235 e. The molecule has 0 saturated carbocycles. The number of thiocarbonyl (C=S) groups is 1. The van der Waals surface area contributed by atoms with Crippen LogP contribution >= 0.6 is 12.2 Å². The predicted octanol–water partition coefficient (Wildman–Crippen LogP) is 3.65. The monoisotopic (exact) mass is 298 g/mol. The molecule has 1 fully saturated rings. The van der Waals surface area contributed by atoms with Gasteiger partial charge in [0, 0.05) is 13.1 Å². The summed E-state index contributed by atoms with van der Waals surface area (Å²) in [6.07, 6.45) is 9.42. The summed E-state index contributed by atoms with van der Waals surface area (Å²) >= 11 is 5.30. The van der Waals surface area contributed by atoms with Gasteiger partial charge in [-0.1, -0.05) is 58.2 Å². The molecule has 0 unspecified atom stereocenters. The highest BCUT2D eigenvalue weighted by Crippen LogP contribution is 2.33. The fourth-order valence-electron chi connectivity index (χ4n) is 3.30. The molecule has 3 nitrogen and oxygen atoms in total. The molecule has 0 aromatic heterocycles. The van der Waals surface area contributed by atoms with Gasteiger partial charge in [-0.25, -0.2) is 0 Å². The van der Waals surface area contributed by atoms with E-state index in [4.69, 9.17) is 18.0 Å². The molecule has 4 heteroatoms. The van der Waals surface area contributed by atoms with Crippen molar-refractivity contribution in [1.29, 1.82) is 0 Å². The van der Waals surface area contributed by atoms with E-state index in [2.05, 4.69) is 13.8 Å². The highest BCUT2D eigenvalue weighted by molar-refractivity contribution is 7.80. The molecule has 0 atom stereocenters. The largest absolute Gasteiger partial charge is 0.392 e. The molecule has 1 aliphatic rings. The SMILES string of the molecule is CCCC(CCC)(C(=O)N1CCCCCCC1)C(N)=S. The Morgan fingerprint density at radius 2 is 1.50 bits per heavy atom. The van der Waals surface area contributed by atoms with E-state index in [1.54, 1.807) is 0 Å². The summed E-state index contributed by atoms with van der Waals surface area (Å²) in [6.45, 7) is 5.94. The first-order valence-electron chi connectivity index (χ1n) is 8.17. The second kappa shape index (κ2) is 8.60. The van der Waals surface area contributed by atoms with Crippen molar-refractivity contribution in [2.24, 2.45) is 11.1 Å². The molecule has 0 radical (unpaired) electrons. The lowest BCUT2D eigenvalue weighted by molar-refractivity contribution is -0.139. The Labute approximate surface area is 129 Å². The molecule has 1 saturated heterocycles. The Morgan fingerprint density at radius 1 is 1.05 bits per heavy atom. The van der Waals surface area contributed by atoms with E-state index in [0.717, 1.165) is 51.6 Å². The number of rotatable bonds is 6. The number of carbonyl (C=O) groups excluding carboxylic acids is 1. The van der Waals surface area contributed by atoms with Crippen LogP contribution in [0.2, 0.25) is 0 Å². The Kier molecular flexibility index (Phi) is 7.49. The van der Waals surface area contributed by atoms with Crippen molar-refractivity contribution < 1.29 is 4.79 Å². The molecule has 20 heavy (non-hydrogen) atoms. The zero-order chi connectivity index (χ0) is 15.0. The summed E-state index contributed by atoms with van der Waals surface area (Å²) in [6, 6.07) is 0. The maximum absolute atomic E-state index is 13.1.